The van der Waals surface area contributed by atoms with Crippen LogP contribution < -0.4 is 10.6 Å². The maximum Gasteiger partial charge on any atom is 0.323 e. The predicted octanol–water partition coefficient (Wildman–Crippen LogP) is 4.13. The van der Waals surface area contributed by atoms with E-state index in [0.29, 0.717) is 5.70 Å². The Hall–Kier alpha value is -2.55. The van der Waals surface area contributed by atoms with Crippen molar-refractivity contribution in [3.63, 3.8) is 0 Å². The first-order valence-corrected chi connectivity index (χ1v) is 6.32. The summed E-state index contributed by atoms with van der Waals surface area (Å²) >= 11 is 0. The highest BCUT2D eigenvalue weighted by molar-refractivity contribution is 5.77. The number of carbonyl (C=O) groups is 1. The number of hydrogen-bond acceptors (Lipinski definition) is 1. The van der Waals surface area contributed by atoms with E-state index in [4.69, 9.17) is 0 Å². The van der Waals surface area contributed by atoms with Crippen molar-refractivity contribution in [2.75, 3.05) is 0 Å². The lowest BCUT2D eigenvalue weighted by Crippen LogP contribution is -2.30. The Morgan fingerprint density at radius 2 is 1.80 bits per heavy atom. The van der Waals surface area contributed by atoms with Gasteiger partial charge in [0.15, 0.2) is 0 Å². The van der Waals surface area contributed by atoms with Gasteiger partial charge >= 0.3 is 6.03 Å². The standard InChI is InChI=1S/C17H22N2O/c1-5-9-12-16(8-4)19-17(20)18-14-13-15(10-6-2)11-7-3/h5-14H,1-2H2,3-4H3,(H2,18,19,20)/b11-7-,12-9-,14-13+,15-10+,16-8+. The molecule has 0 bridgehead atoms. The molecule has 2 amide bonds. The Balaban J connectivity index is 4.48. The van der Waals surface area contributed by atoms with Crippen LogP contribution >= 0.6 is 0 Å². The number of urea groups is 1. The van der Waals surface area contributed by atoms with Crippen LogP contribution in [0, 0.1) is 0 Å². The molecule has 0 saturated heterocycles. The Bertz CT molecular complexity index is 477. The van der Waals surface area contributed by atoms with E-state index in [-0.39, 0.29) is 6.03 Å². The minimum absolute atomic E-state index is 0.304. The summed E-state index contributed by atoms with van der Waals surface area (Å²) in [6, 6.07) is -0.304. The van der Waals surface area contributed by atoms with Crippen LogP contribution in [-0.4, -0.2) is 6.03 Å². The lowest BCUT2D eigenvalue weighted by atomic mass is 10.2. The van der Waals surface area contributed by atoms with E-state index in [0.717, 1.165) is 5.57 Å². The second-order valence-electron chi connectivity index (χ2n) is 3.67. The van der Waals surface area contributed by atoms with Crippen LogP contribution in [0.4, 0.5) is 4.79 Å². The summed E-state index contributed by atoms with van der Waals surface area (Å²) in [5.41, 5.74) is 1.65. The van der Waals surface area contributed by atoms with Crippen molar-refractivity contribution >= 4 is 6.03 Å². The maximum atomic E-state index is 11.6. The van der Waals surface area contributed by atoms with Crippen LogP contribution in [0.15, 0.2) is 85.3 Å². The molecule has 0 heterocycles. The lowest BCUT2D eigenvalue weighted by molar-refractivity contribution is 0.246. The van der Waals surface area contributed by atoms with Gasteiger partial charge in [-0.05, 0) is 31.6 Å². The number of hydrogen-bond donors (Lipinski definition) is 2. The summed E-state index contributed by atoms with van der Waals surface area (Å²) < 4.78 is 0. The molecule has 0 aliphatic carbocycles. The van der Waals surface area contributed by atoms with Crippen molar-refractivity contribution in [2.24, 2.45) is 0 Å². The van der Waals surface area contributed by atoms with Gasteiger partial charge in [-0.1, -0.05) is 55.7 Å². The van der Waals surface area contributed by atoms with Gasteiger partial charge in [0.2, 0.25) is 0 Å². The molecule has 106 valence electrons. The molecule has 3 heteroatoms. The van der Waals surface area contributed by atoms with Crippen LogP contribution in [0.25, 0.3) is 0 Å². The van der Waals surface area contributed by atoms with E-state index in [1.807, 2.05) is 32.1 Å². The molecule has 0 unspecified atom stereocenters. The molecular weight excluding hydrogens is 248 g/mol. The fourth-order valence-corrected chi connectivity index (χ4v) is 1.26. The average molecular weight is 270 g/mol. The SMILES string of the molecule is C=C/C=C\C(=C/C)NC(=O)N/C=C/C(/C=C\C)=C/C=C. The van der Waals surface area contributed by atoms with Gasteiger partial charge in [0.25, 0.3) is 0 Å². The number of rotatable bonds is 7. The van der Waals surface area contributed by atoms with Gasteiger partial charge in [-0.25, -0.2) is 4.79 Å². The molecule has 2 N–H and O–H groups in total. The van der Waals surface area contributed by atoms with E-state index >= 15 is 0 Å². The van der Waals surface area contributed by atoms with Gasteiger partial charge in [-0.2, -0.15) is 0 Å². The molecule has 0 aliphatic heterocycles. The van der Waals surface area contributed by atoms with E-state index in [1.54, 1.807) is 42.7 Å². The zero-order valence-corrected chi connectivity index (χ0v) is 12.1. The molecule has 0 aliphatic rings. The Labute approximate surface area is 121 Å². The van der Waals surface area contributed by atoms with Crippen LogP contribution in [0.5, 0.6) is 0 Å². The molecule has 0 fully saturated rings. The molecule has 0 rings (SSSR count). The number of amides is 2. The quantitative estimate of drug-likeness (QED) is 0.671. The molecule has 3 nitrogen and oxygen atoms in total. The van der Waals surface area contributed by atoms with Crippen molar-refractivity contribution in [2.45, 2.75) is 13.8 Å². The van der Waals surface area contributed by atoms with E-state index < -0.39 is 0 Å². The van der Waals surface area contributed by atoms with Crippen molar-refractivity contribution in [1.29, 1.82) is 0 Å². The summed E-state index contributed by atoms with van der Waals surface area (Å²) in [6.07, 6.45) is 17.7. The van der Waals surface area contributed by atoms with Crippen molar-refractivity contribution in [3.8, 4) is 0 Å². The molecule has 0 radical (unpaired) electrons. The summed E-state index contributed by atoms with van der Waals surface area (Å²) in [5.74, 6) is 0. The largest absolute Gasteiger partial charge is 0.323 e. The van der Waals surface area contributed by atoms with Crippen molar-refractivity contribution in [1.82, 2.24) is 10.6 Å². The lowest BCUT2D eigenvalue weighted by Gasteiger charge is -2.04. The zero-order chi connectivity index (χ0) is 15.2. The molecule has 0 spiro atoms. The smallest absolute Gasteiger partial charge is 0.314 e. The highest BCUT2D eigenvalue weighted by atomic mass is 16.2. The number of allylic oxidation sites excluding steroid dienone is 10. The zero-order valence-electron chi connectivity index (χ0n) is 12.1. The molecule has 0 saturated carbocycles. The Morgan fingerprint density at radius 3 is 2.35 bits per heavy atom. The minimum atomic E-state index is -0.304. The van der Waals surface area contributed by atoms with Gasteiger partial charge in [-0.15, -0.1) is 0 Å². The van der Waals surface area contributed by atoms with Gasteiger partial charge in [0.1, 0.15) is 0 Å². The van der Waals surface area contributed by atoms with Gasteiger partial charge in [0.05, 0.1) is 0 Å². The van der Waals surface area contributed by atoms with E-state index in [2.05, 4.69) is 23.8 Å². The second-order valence-corrected chi connectivity index (χ2v) is 3.67. The highest BCUT2D eigenvalue weighted by Crippen LogP contribution is 1.99. The van der Waals surface area contributed by atoms with Gasteiger partial charge < -0.3 is 10.6 Å². The van der Waals surface area contributed by atoms with Crippen molar-refractivity contribution in [3.05, 3.63) is 85.3 Å². The third-order valence-electron chi connectivity index (χ3n) is 2.14. The maximum absolute atomic E-state index is 11.6. The van der Waals surface area contributed by atoms with Crippen LogP contribution in [-0.2, 0) is 0 Å². The molecule has 0 aromatic carbocycles. The molecule has 0 atom stereocenters. The molecule has 20 heavy (non-hydrogen) atoms. The minimum Gasteiger partial charge on any atom is -0.314 e. The summed E-state index contributed by atoms with van der Waals surface area (Å²) in [6.45, 7) is 11.0. The summed E-state index contributed by atoms with van der Waals surface area (Å²) in [4.78, 5) is 11.6. The van der Waals surface area contributed by atoms with Crippen molar-refractivity contribution < 1.29 is 4.79 Å². The van der Waals surface area contributed by atoms with Gasteiger partial charge in [0, 0.05) is 11.9 Å². The first kappa shape index (κ1) is 17.5. The Kier molecular flexibility index (Phi) is 10.1. The highest BCUT2D eigenvalue weighted by Gasteiger charge is 1.97. The normalized spacial score (nSPS) is 13.1. The molecule has 0 aromatic rings. The third-order valence-corrected chi connectivity index (χ3v) is 2.14. The number of nitrogens with one attached hydrogen (secondary N) is 2. The second kappa shape index (κ2) is 11.5. The first-order chi connectivity index (χ1) is 9.67. The van der Waals surface area contributed by atoms with E-state index in [1.165, 1.54) is 0 Å². The molecular formula is C17H22N2O. The number of carbonyl (C=O) groups excluding carboxylic acids is 1. The first-order valence-electron chi connectivity index (χ1n) is 6.32. The topological polar surface area (TPSA) is 41.1 Å². The predicted molar refractivity (Wildman–Crippen MR) is 87.0 cm³/mol. The fraction of sp³-hybridized carbons (Fsp3) is 0.118. The summed E-state index contributed by atoms with van der Waals surface area (Å²) in [7, 11) is 0. The van der Waals surface area contributed by atoms with Crippen LogP contribution in [0.1, 0.15) is 13.8 Å². The fourth-order valence-electron chi connectivity index (χ4n) is 1.26. The van der Waals surface area contributed by atoms with Crippen LogP contribution in [0.2, 0.25) is 0 Å². The summed E-state index contributed by atoms with van der Waals surface area (Å²) in [5, 5.41) is 5.34. The molecule has 0 aromatic heterocycles. The Morgan fingerprint density at radius 1 is 1.05 bits per heavy atom. The average Bonchev–Trinajstić information content (AvgIpc) is 2.43. The monoisotopic (exact) mass is 270 g/mol. The third kappa shape index (κ3) is 8.53. The van der Waals surface area contributed by atoms with E-state index in [9.17, 15) is 4.79 Å². The van der Waals surface area contributed by atoms with Gasteiger partial charge in [-0.3, -0.25) is 0 Å². The van der Waals surface area contributed by atoms with Crippen LogP contribution in [0.3, 0.4) is 0 Å².